The highest BCUT2D eigenvalue weighted by Gasteiger charge is 2.48. The highest BCUT2D eigenvalue weighted by atomic mass is 16.5. The van der Waals surface area contributed by atoms with Gasteiger partial charge in [0, 0.05) is 11.6 Å². The van der Waals surface area contributed by atoms with Crippen LogP contribution in [0.5, 0.6) is 11.5 Å². The van der Waals surface area contributed by atoms with E-state index in [1.165, 1.54) is 0 Å². The molecule has 25 heavy (non-hydrogen) atoms. The molecule has 0 bridgehead atoms. The Morgan fingerprint density at radius 1 is 1.08 bits per heavy atom. The number of allylic oxidation sites excluding steroid dienone is 1. The number of hydrogen-bond donors (Lipinski definition) is 0. The number of fused-ring (bicyclic) bond motifs is 1. The lowest BCUT2D eigenvalue weighted by atomic mass is 9.61. The van der Waals surface area contributed by atoms with Gasteiger partial charge in [0.25, 0.3) is 0 Å². The third-order valence-electron chi connectivity index (χ3n) is 4.88. The highest BCUT2D eigenvalue weighted by Crippen LogP contribution is 2.47. The van der Waals surface area contributed by atoms with Crippen LogP contribution in [0.2, 0.25) is 0 Å². The summed E-state index contributed by atoms with van der Waals surface area (Å²) in [6.07, 6.45) is 4.49. The van der Waals surface area contributed by atoms with Crippen LogP contribution in [0.1, 0.15) is 60.5 Å². The van der Waals surface area contributed by atoms with Crippen molar-refractivity contribution < 1.29 is 14.3 Å². The van der Waals surface area contributed by atoms with E-state index in [-0.39, 0.29) is 16.8 Å². The number of esters is 1. The second-order valence-electron chi connectivity index (χ2n) is 9.31. The summed E-state index contributed by atoms with van der Waals surface area (Å²) >= 11 is 0. The van der Waals surface area contributed by atoms with E-state index < -0.39 is 5.41 Å². The first kappa shape index (κ1) is 19.3. The molecule has 0 N–H and O–H groups in total. The van der Waals surface area contributed by atoms with Crippen LogP contribution < -0.4 is 9.47 Å². The van der Waals surface area contributed by atoms with Crippen LogP contribution in [-0.2, 0) is 4.79 Å². The van der Waals surface area contributed by atoms with Crippen molar-refractivity contribution in [2.24, 2.45) is 16.2 Å². The first-order chi connectivity index (χ1) is 11.3. The van der Waals surface area contributed by atoms with Crippen LogP contribution in [0.3, 0.4) is 0 Å². The summed E-state index contributed by atoms with van der Waals surface area (Å²) in [7, 11) is 0. The molecule has 1 aromatic carbocycles. The first-order valence-corrected chi connectivity index (χ1v) is 8.73. The first-order valence-electron chi connectivity index (χ1n) is 8.73. The predicted molar refractivity (Wildman–Crippen MR) is 103 cm³/mol. The van der Waals surface area contributed by atoms with Gasteiger partial charge >= 0.3 is 5.97 Å². The van der Waals surface area contributed by atoms with E-state index in [1.54, 1.807) is 12.1 Å². The molecule has 1 heterocycles. The molecule has 136 valence electrons. The molecular weight excluding hydrogens is 312 g/mol. The molecule has 0 spiro atoms. The van der Waals surface area contributed by atoms with Gasteiger partial charge in [-0.05, 0) is 48.5 Å². The molecule has 0 aromatic heterocycles. The summed E-state index contributed by atoms with van der Waals surface area (Å²) in [5.74, 6) is 1.52. The van der Waals surface area contributed by atoms with Crippen molar-refractivity contribution in [1.82, 2.24) is 0 Å². The molecule has 1 atom stereocenters. The Kier molecular flexibility index (Phi) is 4.91. The third kappa shape index (κ3) is 4.33. The SMILES string of the molecule is C=C1C=Cc2ccc(OC(=O)C(C)(CC(C)(C)C)C(C)(C)C)cc2O1. The molecule has 0 saturated carbocycles. The Morgan fingerprint density at radius 3 is 2.28 bits per heavy atom. The summed E-state index contributed by atoms with van der Waals surface area (Å²) in [6.45, 7) is 18.5. The predicted octanol–water partition coefficient (Wildman–Crippen LogP) is 6.00. The molecular formula is C22H30O3. The van der Waals surface area contributed by atoms with Gasteiger partial charge in [0.2, 0.25) is 0 Å². The van der Waals surface area contributed by atoms with Crippen LogP contribution in [0.4, 0.5) is 0 Å². The van der Waals surface area contributed by atoms with Crippen LogP contribution in [0.15, 0.2) is 36.6 Å². The van der Waals surface area contributed by atoms with Gasteiger partial charge in [0.1, 0.15) is 17.3 Å². The molecule has 0 aliphatic carbocycles. The van der Waals surface area contributed by atoms with E-state index in [0.29, 0.717) is 17.3 Å². The maximum atomic E-state index is 13.1. The summed E-state index contributed by atoms with van der Waals surface area (Å²) in [6, 6.07) is 5.44. The Labute approximate surface area is 151 Å². The monoisotopic (exact) mass is 342 g/mol. The molecule has 0 radical (unpaired) electrons. The topological polar surface area (TPSA) is 35.5 Å². The van der Waals surface area contributed by atoms with Crippen molar-refractivity contribution in [2.45, 2.75) is 54.9 Å². The Bertz CT molecular complexity index is 714. The lowest BCUT2D eigenvalue weighted by Crippen LogP contribution is -2.45. The summed E-state index contributed by atoms with van der Waals surface area (Å²) in [5.41, 5.74) is 0.133. The van der Waals surface area contributed by atoms with Gasteiger partial charge in [-0.1, -0.05) is 48.1 Å². The molecule has 1 aromatic rings. The van der Waals surface area contributed by atoms with E-state index in [0.717, 1.165) is 12.0 Å². The summed E-state index contributed by atoms with van der Waals surface area (Å²) < 4.78 is 11.4. The lowest BCUT2D eigenvalue weighted by Gasteiger charge is -2.43. The van der Waals surface area contributed by atoms with Gasteiger partial charge in [-0.15, -0.1) is 0 Å². The van der Waals surface area contributed by atoms with Crippen molar-refractivity contribution >= 4 is 12.0 Å². The Morgan fingerprint density at radius 2 is 1.72 bits per heavy atom. The minimum absolute atomic E-state index is 0.0164. The zero-order valence-electron chi connectivity index (χ0n) is 16.5. The fraction of sp³-hybridized carbons (Fsp3) is 0.500. The number of carbonyl (C=O) groups is 1. The third-order valence-corrected chi connectivity index (χ3v) is 4.88. The quantitative estimate of drug-likeness (QED) is 0.499. The molecule has 1 aliphatic rings. The van der Waals surface area contributed by atoms with Gasteiger partial charge in [-0.25, -0.2) is 0 Å². The lowest BCUT2D eigenvalue weighted by molar-refractivity contribution is -0.154. The smallest absolute Gasteiger partial charge is 0.317 e. The van der Waals surface area contributed by atoms with Crippen molar-refractivity contribution in [3.8, 4) is 11.5 Å². The molecule has 2 rings (SSSR count). The molecule has 3 nitrogen and oxygen atoms in total. The zero-order valence-corrected chi connectivity index (χ0v) is 16.5. The van der Waals surface area contributed by atoms with Crippen molar-refractivity contribution in [3.05, 3.63) is 42.2 Å². The van der Waals surface area contributed by atoms with Crippen LogP contribution >= 0.6 is 0 Å². The van der Waals surface area contributed by atoms with Gasteiger partial charge in [0.15, 0.2) is 0 Å². The van der Waals surface area contributed by atoms with Crippen molar-refractivity contribution in [3.63, 3.8) is 0 Å². The Hall–Kier alpha value is -2.03. The van der Waals surface area contributed by atoms with Gasteiger partial charge in [0.05, 0.1) is 5.41 Å². The van der Waals surface area contributed by atoms with Gasteiger partial charge in [-0.3, -0.25) is 4.79 Å². The van der Waals surface area contributed by atoms with E-state index in [9.17, 15) is 4.79 Å². The number of carbonyl (C=O) groups excluding carboxylic acids is 1. The molecule has 3 heteroatoms. The molecule has 1 aliphatic heterocycles. The van der Waals surface area contributed by atoms with Crippen molar-refractivity contribution in [2.75, 3.05) is 0 Å². The number of benzene rings is 1. The minimum atomic E-state index is -0.606. The standard InChI is InChI=1S/C22H30O3/c1-15-9-10-16-11-12-17(13-18(16)24-15)25-19(23)22(8,21(5,6)7)14-20(2,3)4/h9-13H,1,14H2,2-8H3. The number of rotatable bonds is 3. The maximum absolute atomic E-state index is 13.1. The summed E-state index contributed by atoms with van der Waals surface area (Å²) in [5, 5.41) is 0. The van der Waals surface area contributed by atoms with Gasteiger partial charge in [-0.2, -0.15) is 0 Å². The zero-order chi connectivity index (χ0) is 19.0. The van der Waals surface area contributed by atoms with E-state index in [1.807, 2.05) is 25.1 Å². The van der Waals surface area contributed by atoms with Crippen LogP contribution in [-0.4, -0.2) is 5.97 Å². The summed E-state index contributed by atoms with van der Waals surface area (Å²) in [4.78, 5) is 13.1. The van der Waals surface area contributed by atoms with Crippen molar-refractivity contribution in [1.29, 1.82) is 0 Å². The largest absolute Gasteiger partial charge is 0.457 e. The fourth-order valence-corrected chi connectivity index (χ4v) is 3.09. The minimum Gasteiger partial charge on any atom is -0.457 e. The molecule has 0 fully saturated rings. The average molecular weight is 342 g/mol. The second kappa shape index (κ2) is 6.36. The average Bonchev–Trinajstić information content (AvgIpc) is 2.43. The number of hydrogen-bond acceptors (Lipinski definition) is 3. The van der Waals surface area contributed by atoms with E-state index in [4.69, 9.17) is 9.47 Å². The number of ether oxygens (including phenoxy) is 2. The van der Waals surface area contributed by atoms with E-state index in [2.05, 4.69) is 48.1 Å². The fourth-order valence-electron chi connectivity index (χ4n) is 3.09. The molecule has 0 saturated heterocycles. The normalized spacial score (nSPS) is 16.7. The molecule has 0 amide bonds. The van der Waals surface area contributed by atoms with Crippen LogP contribution in [0.25, 0.3) is 6.08 Å². The second-order valence-corrected chi connectivity index (χ2v) is 9.31. The Balaban J connectivity index is 2.29. The molecule has 1 unspecified atom stereocenters. The van der Waals surface area contributed by atoms with Crippen LogP contribution in [0, 0.1) is 16.2 Å². The van der Waals surface area contributed by atoms with Gasteiger partial charge < -0.3 is 9.47 Å². The highest BCUT2D eigenvalue weighted by molar-refractivity contribution is 5.80. The maximum Gasteiger partial charge on any atom is 0.317 e. The van der Waals surface area contributed by atoms with E-state index >= 15 is 0 Å².